The maximum absolute atomic E-state index is 9.21. The summed E-state index contributed by atoms with van der Waals surface area (Å²) in [4.78, 5) is 5.00. The van der Waals surface area contributed by atoms with Crippen molar-refractivity contribution in [2.75, 3.05) is 0 Å². The third kappa shape index (κ3) is 2.40. The van der Waals surface area contributed by atoms with E-state index in [0.29, 0.717) is 5.22 Å². The highest BCUT2D eigenvalue weighted by molar-refractivity contribution is 7.99. The number of rotatable bonds is 3. The highest BCUT2D eigenvalue weighted by Crippen LogP contribution is 2.29. The Bertz CT molecular complexity index is 440. The molecule has 15 heavy (non-hydrogen) atoms. The maximum atomic E-state index is 9.21. The van der Waals surface area contributed by atoms with Crippen LogP contribution in [0.3, 0.4) is 0 Å². The molecular weight excluding hydrogens is 210 g/mol. The molecule has 3 nitrogen and oxygen atoms in total. The van der Waals surface area contributed by atoms with Gasteiger partial charge in [0.25, 0.3) is 5.22 Å². The Hall–Kier alpha value is -1.26. The monoisotopic (exact) mass is 221 g/mol. The summed E-state index contributed by atoms with van der Waals surface area (Å²) in [5, 5.41) is 9.80. The molecule has 0 unspecified atom stereocenters. The number of aliphatic hydroxyl groups is 1. The summed E-state index contributed by atoms with van der Waals surface area (Å²) in [5.41, 5.74) is 2.04. The van der Waals surface area contributed by atoms with Crippen molar-refractivity contribution in [2.45, 2.75) is 23.6 Å². The van der Waals surface area contributed by atoms with Gasteiger partial charge in [-0.1, -0.05) is 17.7 Å². The van der Waals surface area contributed by atoms with Crippen molar-refractivity contribution < 1.29 is 9.52 Å². The number of oxazole rings is 1. The number of aromatic nitrogens is 1. The topological polar surface area (TPSA) is 46.3 Å². The first kappa shape index (κ1) is 10.3. The smallest absolute Gasteiger partial charge is 0.260 e. The van der Waals surface area contributed by atoms with Crippen LogP contribution in [-0.4, -0.2) is 10.1 Å². The zero-order valence-corrected chi connectivity index (χ0v) is 9.12. The number of nitrogens with zero attached hydrogens (tertiary/aromatic N) is 1. The summed E-state index contributed by atoms with van der Waals surface area (Å²) in [7, 11) is 0. The lowest BCUT2D eigenvalue weighted by molar-refractivity contribution is 0.279. The van der Waals surface area contributed by atoms with Gasteiger partial charge in [-0.3, -0.25) is 0 Å². The minimum absolute atomic E-state index is 0.0325. The summed E-state index contributed by atoms with van der Waals surface area (Å²) in [6.07, 6.45) is 3.14. The minimum atomic E-state index is 0.0325. The largest absolute Gasteiger partial charge is 0.440 e. The molecule has 2 rings (SSSR count). The quantitative estimate of drug-likeness (QED) is 0.865. The maximum Gasteiger partial charge on any atom is 0.260 e. The fourth-order valence-electron chi connectivity index (χ4n) is 1.29. The van der Waals surface area contributed by atoms with Crippen molar-refractivity contribution in [1.29, 1.82) is 0 Å². The van der Waals surface area contributed by atoms with Crippen LogP contribution in [-0.2, 0) is 6.61 Å². The highest BCUT2D eigenvalue weighted by atomic mass is 32.2. The molecule has 1 N–H and O–H groups in total. The molecule has 0 radical (unpaired) electrons. The van der Waals surface area contributed by atoms with Gasteiger partial charge < -0.3 is 9.52 Å². The molecule has 78 valence electrons. The second-order valence-electron chi connectivity index (χ2n) is 3.17. The number of aryl methyl sites for hydroxylation is 1. The van der Waals surface area contributed by atoms with Crippen LogP contribution in [0.2, 0.25) is 0 Å². The molecule has 4 heteroatoms. The molecule has 0 aliphatic heterocycles. The van der Waals surface area contributed by atoms with Gasteiger partial charge in [-0.15, -0.1) is 0 Å². The standard InChI is InChI=1S/C11H11NO2S/c1-8-2-3-10(9(6-8)7-13)15-11-12-4-5-14-11/h2-6,13H,7H2,1H3. The summed E-state index contributed by atoms with van der Waals surface area (Å²) < 4.78 is 5.14. The molecule has 1 heterocycles. The summed E-state index contributed by atoms with van der Waals surface area (Å²) >= 11 is 1.42. The van der Waals surface area contributed by atoms with Gasteiger partial charge in [0.2, 0.25) is 0 Å². The molecule has 0 atom stereocenters. The van der Waals surface area contributed by atoms with Gasteiger partial charge >= 0.3 is 0 Å². The fourth-order valence-corrected chi connectivity index (χ4v) is 2.08. The van der Waals surface area contributed by atoms with E-state index in [1.54, 1.807) is 6.20 Å². The van der Waals surface area contributed by atoms with E-state index < -0.39 is 0 Å². The Morgan fingerprint density at radius 2 is 2.33 bits per heavy atom. The first-order valence-corrected chi connectivity index (χ1v) is 5.39. The van der Waals surface area contributed by atoms with E-state index in [9.17, 15) is 5.11 Å². The van der Waals surface area contributed by atoms with Gasteiger partial charge in [-0.25, -0.2) is 4.98 Å². The zero-order valence-electron chi connectivity index (χ0n) is 8.30. The predicted octanol–water partition coefficient (Wildman–Crippen LogP) is 2.63. The van der Waals surface area contributed by atoms with Crippen molar-refractivity contribution in [1.82, 2.24) is 4.98 Å². The van der Waals surface area contributed by atoms with Crippen LogP contribution in [0.25, 0.3) is 0 Å². The van der Waals surface area contributed by atoms with E-state index in [2.05, 4.69) is 4.98 Å². The summed E-state index contributed by atoms with van der Waals surface area (Å²) in [5.74, 6) is 0. The van der Waals surface area contributed by atoms with Gasteiger partial charge in [0.05, 0.1) is 12.8 Å². The van der Waals surface area contributed by atoms with Gasteiger partial charge in [0, 0.05) is 4.90 Å². The lowest BCUT2D eigenvalue weighted by atomic mass is 10.1. The van der Waals surface area contributed by atoms with Crippen LogP contribution >= 0.6 is 11.8 Å². The minimum Gasteiger partial charge on any atom is -0.440 e. The lowest BCUT2D eigenvalue weighted by Gasteiger charge is -2.05. The van der Waals surface area contributed by atoms with Crippen molar-refractivity contribution in [2.24, 2.45) is 0 Å². The van der Waals surface area contributed by atoms with Gasteiger partial charge in [0.1, 0.15) is 6.26 Å². The van der Waals surface area contributed by atoms with Crippen LogP contribution in [0, 0.1) is 6.92 Å². The van der Waals surface area contributed by atoms with Crippen LogP contribution in [0.1, 0.15) is 11.1 Å². The highest BCUT2D eigenvalue weighted by Gasteiger charge is 2.06. The number of hydrogen-bond acceptors (Lipinski definition) is 4. The van der Waals surface area contributed by atoms with E-state index in [0.717, 1.165) is 16.0 Å². The molecule has 0 bridgehead atoms. The van der Waals surface area contributed by atoms with Crippen molar-refractivity contribution >= 4 is 11.8 Å². The third-order valence-corrected chi connectivity index (χ3v) is 2.99. The Morgan fingerprint density at radius 3 is 3.00 bits per heavy atom. The SMILES string of the molecule is Cc1ccc(Sc2ncco2)c(CO)c1. The van der Waals surface area contributed by atoms with Crippen LogP contribution < -0.4 is 0 Å². The zero-order chi connectivity index (χ0) is 10.7. The average molecular weight is 221 g/mol. The molecule has 2 aromatic rings. The molecule has 1 aromatic carbocycles. The number of hydrogen-bond donors (Lipinski definition) is 1. The Kier molecular flexibility index (Phi) is 3.08. The first-order valence-electron chi connectivity index (χ1n) is 4.57. The average Bonchev–Trinajstić information content (AvgIpc) is 2.73. The number of aliphatic hydroxyl groups excluding tert-OH is 1. The van der Waals surface area contributed by atoms with Crippen LogP contribution in [0.5, 0.6) is 0 Å². The second kappa shape index (κ2) is 4.51. The third-order valence-electron chi connectivity index (χ3n) is 1.99. The van der Waals surface area contributed by atoms with E-state index >= 15 is 0 Å². The van der Waals surface area contributed by atoms with E-state index in [1.807, 2.05) is 25.1 Å². The van der Waals surface area contributed by atoms with Gasteiger partial charge in [-0.05, 0) is 30.3 Å². The Morgan fingerprint density at radius 1 is 1.47 bits per heavy atom. The van der Waals surface area contributed by atoms with Crippen LogP contribution in [0.4, 0.5) is 0 Å². The van der Waals surface area contributed by atoms with Crippen LogP contribution in [0.15, 0.2) is 45.2 Å². The van der Waals surface area contributed by atoms with E-state index in [1.165, 1.54) is 18.0 Å². The second-order valence-corrected chi connectivity index (χ2v) is 4.16. The molecule has 1 aromatic heterocycles. The van der Waals surface area contributed by atoms with Crippen molar-refractivity contribution in [3.05, 3.63) is 41.8 Å². The molecule has 0 aliphatic rings. The molecule has 0 spiro atoms. The molecular formula is C11H11NO2S. The first-order chi connectivity index (χ1) is 7.29. The Balaban J connectivity index is 2.28. The lowest BCUT2D eigenvalue weighted by Crippen LogP contribution is -1.88. The van der Waals surface area contributed by atoms with Crippen molar-refractivity contribution in [3.8, 4) is 0 Å². The molecule has 0 fully saturated rings. The molecule has 0 saturated heterocycles. The molecule has 0 aliphatic carbocycles. The normalized spacial score (nSPS) is 10.5. The molecule has 0 saturated carbocycles. The van der Waals surface area contributed by atoms with Crippen molar-refractivity contribution in [3.63, 3.8) is 0 Å². The van der Waals surface area contributed by atoms with Gasteiger partial charge in [0.15, 0.2) is 0 Å². The van der Waals surface area contributed by atoms with E-state index in [-0.39, 0.29) is 6.61 Å². The van der Waals surface area contributed by atoms with Gasteiger partial charge in [-0.2, -0.15) is 0 Å². The number of benzene rings is 1. The molecule has 0 amide bonds. The fraction of sp³-hybridized carbons (Fsp3) is 0.182. The summed E-state index contributed by atoms with van der Waals surface area (Å²) in [6.45, 7) is 2.03. The predicted molar refractivity (Wildman–Crippen MR) is 57.7 cm³/mol. The summed E-state index contributed by atoms with van der Waals surface area (Å²) in [6, 6.07) is 5.94. The Labute approximate surface area is 92.1 Å². The van der Waals surface area contributed by atoms with E-state index in [4.69, 9.17) is 4.42 Å².